The highest BCUT2D eigenvalue weighted by molar-refractivity contribution is 5.45. The molecule has 7 heteroatoms. The molecule has 0 saturated carbocycles. The predicted molar refractivity (Wildman–Crippen MR) is 94.3 cm³/mol. The monoisotopic (exact) mass is 330 g/mol. The van der Waals surface area contributed by atoms with Crippen LogP contribution in [-0.4, -0.2) is 46.1 Å². The van der Waals surface area contributed by atoms with Gasteiger partial charge in [0, 0.05) is 38.1 Å². The van der Waals surface area contributed by atoms with Gasteiger partial charge in [-0.2, -0.15) is 10.1 Å². The van der Waals surface area contributed by atoms with Gasteiger partial charge in [-0.05, 0) is 18.9 Å². The first kappa shape index (κ1) is 16.7. The molecule has 2 aromatic heterocycles. The summed E-state index contributed by atoms with van der Waals surface area (Å²) >= 11 is 0. The molecule has 1 fully saturated rings. The average Bonchev–Trinajstić information content (AvgIpc) is 3.06. The number of rotatable bonds is 6. The Labute approximate surface area is 143 Å². The van der Waals surface area contributed by atoms with Crippen molar-refractivity contribution in [3.63, 3.8) is 0 Å². The predicted octanol–water partition coefficient (Wildman–Crippen LogP) is 2.17. The summed E-state index contributed by atoms with van der Waals surface area (Å²) in [6.45, 7) is 7.42. The summed E-state index contributed by atoms with van der Waals surface area (Å²) in [6.07, 6.45) is 3.67. The van der Waals surface area contributed by atoms with Crippen LogP contribution in [0.25, 0.3) is 0 Å². The zero-order chi connectivity index (χ0) is 16.9. The maximum atomic E-state index is 5.43. The molecule has 0 spiro atoms. The van der Waals surface area contributed by atoms with Crippen molar-refractivity contribution >= 4 is 11.8 Å². The first-order valence-corrected chi connectivity index (χ1v) is 8.66. The van der Waals surface area contributed by atoms with E-state index < -0.39 is 0 Å². The zero-order valence-corrected chi connectivity index (χ0v) is 14.7. The van der Waals surface area contributed by atoms with Gasteiger partial charge in [0.25, 0.3) is 0 Å². The van der Waals surface area contributed by atoms with Crippen molar-refractivity contribution in [1.82, 2.24) is 19.7 Å². The fraction of sp³-hybridized carbons (Fsp3) is 0.588. The van der Waals surface area contributed by atoms with E-state index in [1.54, 1.807) is 0 Å². The summed E-state index contributed by atoms with van der Waals surface area (Å²) < 4.78 is 7.34. The van der Waals surface area contributed by atoms with E-state index in [0.29, 0.717) is 0 Å². The van der Waals surface area contributed by atoms with E-state index in [1.165, 1.54) is 0 Å². The normalized spacial score (nSPS) is 16.2. The van der Waals surface area contributed by atoms with Gasteiger partial charge in [-0.1, -0.05) is 13.8 Å². The summed E-state index contributed by atoms with van der Waals surface area (Å²) in [5.74, 6) is 1.66. The Bertz CT molecular complexity index is 665. The fourth-order valence-electron chi connectivity index (χ4n) is 2.93. The van der Waals surface area contributed by atoms with Crippen LogP contribution in [0.1, 0.15) is 37.7 Å². The minimum Gasteiger partial charge on any atom is -0.378 e. The molecule has 1 saturated heterocycles. The fourth-order valence-corrected chi connectivity index (χ4v) is 2.93. The maximum Gasteiger partial charge on any atom is 0.227 e. The number of aryl methyl sites for hydroxylation is 2. The second-order valence-corrected chi connectivity index (χ2v) is 5.98. The number of ether oxygens (including phenoxy) is 1. The van der Waals surface area contributed by atoms with Crippen molar-refractivity contribution in [1.29, 1.82) is 0 Å². The molecule has 0 aromatic carbocycles. The number of aromatic nitrogens is 4. The van der Waals surface area contributed by atoms with Gasteiger partial charge < -0.3 is 15.0 Å². The molecule has 1 N–H and O–H groups in total. The third-order valence-corrected chi connectivity index (χ3v) is 4.37. The van der Waals surface area contributed by atoms with Crippen LogP contribution in [0.3, 0.4) is 0 Å². The topological polar surface area (TPSA) is 68.1 Å². The van der Waals surface area contributed by atoms with E-state index in [0.717, 1.165) is 62.3 Å². The van der Waals surface area contributed by atoms with Gasteiger partial charge in [-0.3, -0.25) is 4.68 Å². The van der Waals surface area contributed by atoms with Gasteiger partial charge in [-0.15, -0.1) is 0 Å². The Morgan fingerprint density at radius 2 is 2.04 bits per heavy atom. The summed E-state index contributed by atoms with van der Waals surface area (Å²) in [5.41, 5.74) is 2.20. The number of nitrogens with one attached hydrogen (secondary N) is 1. The van der Waals surface area contributed by atoms with Crippen molar-refractivity contribution in [2.45, 2.75) is 32.7 Å². The highest BCUT2D eigenvalue weighted by Gasteiger charge is 2.18. The van der Waals surface area contributed by atoms with E-state index >= 15 is 0 Å². The highest BCUT2D eigenvalue weighted by Crippen LogP contribution is 2.23. The van der Waals surface area contributed by atoms with Crippen LogP contribution in [0.5, 0.6) is 0 Å². The van der Waals surface area contributed by atoms with Gasteiger partial charge in [-0.25, -0.2) is 4.98 Å². The van der Waals surface area contributed by atoms with E-state index in [9.17, 15) is 0 Å². The van der Waals surface area contributed by atoms with Gasteiger partial charge in [0.2, 0.25) is 5.95 Å². The van der Waals surface area contributed by atoms with Crippen molar-refractivity contribution < 1.29 is 4.74 Å². The number of hydrogen-bond donors (Lipinski definition) is 1. The largest absolute Gasteiger partial charge is 0.378 e. The summed E-state index contributed by atoms with van der Waals surface area (Å²) in [6, 6.07) is 4.27. The van der Waals surface area contributed by atoms with E-state index in [-0.39, 0.29) is 6.04 Å². The minimum atomic E-state index is 0.176. The first-order valence-electron chi connectivity index (χ1n) is 8.66. The molecule has 2 aromatic rings. The van der Waals surface area contributed by atoms with Crippen LogP contribution in [0.15, 0.2) is 18.3 Å². The number of hydrogen-bond acceptors (Lipinski definition) is 6. The number of nitrogens with zero attached hydrogens (tertiary/aromatic N) is 5. The lowest BCUT2D eigenvalue weighted by Gasteiger charge is -2.28. The second-order valence-electron chi connectivity index (χ2n) is 5.98. The Morgan fingerprint density at radius 3 is 2.67 bits per heavy atom. The third kappa shape index (κ3) is 3.67. The van der Waals surface area contributed by atoms with E-state index in [4.69, 9.17) is 14.7 Å². The molecule has 1 aliphatic heterocycles. The Morgan fingerprint density at radius 1 is 1.25 bits per heavy atom. The lowest BCUT2D eigenvalue weighted by molar-refractivity contribution is 0.122. The highest BCUT2D eigenvalue weighted by atomic mass is 16.5. The third-order valence-electron chi connectivity index (χ3n) is 4.37. The molecule has 0 radical (unpaired) electrons. The van der Waals surface area contributed by atoms with Crippen LogP contribution in [0.4, 0.5) is 11.8 Å². The smallest absolute Gasteiger partial charge is 0.227 e. The van der Waals surface area contributed by atoms with Crippen molar-refractivity contribution in [3.8, 4) is 0 Å². The molecule has 130 valence electrons. The Kier molecular flexibility index (Phi) is 5.30. The van der Waals surface area contributed by atoms with Crippen LogP contribution < -0.4 is 10.2 Å². The molecule has 0 amide bonds. The lowest BCUT2D eigenvalue weighted by Crippen LogP contribution is -2.37. The van der Waals surface area contributed by atoms with Crippen molar-refractivity contribution in [3.05, 3.63) is 29.7 Å². The molecule has 3 heterocycles. The number of anilines is 2. The molecule has 1 aliphatic rings. The molecule has 0 bridgehead atoms. The maximum absolute atomic E-state index is 5.43. The molecule has 7 nitrogen and oxygen atoms in total. The molecule has 1 atom stereocenters. The van der Waals surface area contributed by atoms with E-state index in [2.05, 4.69) is 29.2 Å². The van der Waals surface area contributed by atoms with Crippen molar-refractivity contribution in [2.24, 2.45) is 7.05 Å². The van der Waals surface area contributed by atoms with Crippen molar-refractivity contribution in [2.75, 3.05) is 36.5 Å². The summed E-state index contributed by atoms with van der Waals surface area (Å²) in [5, 5.41) is 7.83. The first-order chi connectivity index (χ1) is 11.7. The molecule has 3 rings (SSSR count). The zero-order valence-electron chi connectivity index (χ0n) is 14.7. The van der Waals surface area contributed by atoms with Gasteiger partial charge in [0.15, 0.2) is 0 Å². The Hall–Kier alpha value is -2.15. The molecule has 24 heavy (non-hydrogen) atoms. The molecule has 0 unspecified atom stereocenters. The quantitative estimate of drug-likeness (QED) is 0.875. The second kappa shape index (κ2) is 7.61. The summed E-state index contributed by atoms with van der Waals surface area (Å²) in [7, 11) is 1.97. The molecular formula is C17H26N6O. The SMILES string of the molecule is CCc1cc(N[C@H](CC)c2ccnn2C)nc(N2CCOCC2)n1. The molecular weight excluding hydrogens is 304 g/mol. The van der Waals surface area contributed by atoms with Crippen LogP contribution >= 0.6 is 0 Å². The van der Waals surface area contributed by atoms with E-state index in [1.807, 2.05) is 30.1 Å². The molecule has 0 aliphatic carbocycles. The van der Waals surface area contributed by atoms with Gasteiger partial charge in [0.05, 0.1) is 24.9 Å². The van der Waals surface area contributed by atoms with Gasteiger partial charge in [0.1, 0.15) is 5.82 Å². The van der Waals surface area contributed by atoms with Gasteiger partial charge >= 0.3 is 0 Å². The lowest BCUT2D eigenvalue weighted by atomic mass is 10.1. The minimum absolute atomic E-state index is 0.176. The standard InChI is InChI=1S/C17H26N6O/c1-4-13-12-16(20-14(5-2)15-6-7-18-22(15)3)21-17(19-13)23-8-10-24-11-9-23/h6-7,12,14H,4-5,8-11H2,1-3H3,(H,19,20,21)/t14-/m1/s1. The van der Waals surface area contributed by atoms with Crippen LogP contribution in [0, 0.1) is 0 Å². The Balaban J connectivity index is 1.85. The summed E-state index contributed by atoms with van der Waals surface area (Å²) in [4.78, 5) is 11.6. The van der Waals surface area contributed by atoms with Crippen LogP contribution in [-0.2, 0) is 18.2 Å². The average molecular weight is 330 g/mol. The van der Waals surface area contributed by atoms with Crippen LogP contribution in [0.2, 0.25) is 0 Å². The number of morpholine rings is 1.